The van der Waals surface area contributed by atoms with E-state index >= 15 is 0 Å². The molecule has 1 saturated carbocycles. The number of rotatable bonds is 3. The van der Waals surface area contributed by atoms with Crippen LogP contribution in [-0.2, 0) is 4.79 Å². The van der Waals surface area contributed by atoms with Gasteiger partial charge in [-0.05, 0) is 62.3 Å². The van der Waals surface area contributed by atoms with Crippen LogP contribution in [0.4, 0.5) is 11.4 Å². The van der Waals surface area contributed by atoms with Gasteiger partial charge in [-0.2, -0.15) is 0 Å². The first kappa shape index (κ1) is 13.5. The smallest absolute Gasteiger partial charge is 0.227 e. The van der Waals surface area contributed by atoms with Gasteiger partial charge in [-0.1, -0.05) is 6.92 Å². The van der Waals surface area contributed by atoms with E-state index in [1.54, 1.807) is 0 Å². The summed E-state index contributed by atoms with van der Waals surface area (Å²) in [4.78, 5) is 13.6. The minimum Gasteiger partial charge on any atom is -0.382 e. The molecule has 1 N–H and O–H groups in total. The number of anilines is 2. The molecule has 1 aromatic carbocycles. The molecule has 0 unspecified atom stereocenters. The van der Waals surface area contributed by atoms with Gasteiger partial charge in [0.15, 0.2) is 0 Å². The molecule has 1 aromatic rings. The fraction of sp³-hybridized carbons (Fsp3) is 0.588. The molecule has 0 spiro atoms. The van der Waals surface area contributed by atoms with Gasteiger partial charge in [-0.15, -0.1) is 0 Å². The van der Waals surface area contributed by atoms with Gasteiger partial charge in [0, 0.05) is 30.4 Å². The lowest BCUT2D eigenvalue weighted by Gasteiger charge is -2.28. The van der Waals surface area contributed by atoms with Crippen LogP contribution in [0.2, 0.25) is 0 Å². The second-order valence-corrected chi connectivity index (χ2v) is 6.30. The van der Waals surface area contributed by atoms with Crippen molar-refractivity contribution in [2.45, 2.75) is 51.5 Å². The summed E-state index contributed by atoms with van der Waals surface area (Å²) in [6, 6.07) is 8.97. The highest BCUT2D eigenvalue weighted by molar-refractivity contribution is 5.95. The zero-order valence-electron chi connectivity index (χ0n) is 12.3. The number of benzene rings is 1. The highest BCUT2D eigenvalue weighted by Crippen LogP contribution is 2.27. The van der Waals surface area contributed by atoms with Crippen LogP contribution in [0.1, 0.15) is 45.4 Å². The normalized spacial score (nSPS) is 26.9. The Morgan fingerprint density at radius 3 is 2.40 bits per heavy atom. The monoisotopic (exact) mass is 272 g/mol. The van der Waals surface area contributed by atoms with Crippen molar-refractivity contribution in [3.05, 3.63) is 24.3 Å². The van der Waals surface area contributed by atoms with E-state index in [4.69, 9.17) is 0 Å². The molecule has 1 aliphatic carbocycles. The van der Waals surface area contributed by atoms with Crippen LogP contribution in [0.15, 0.2) is 24.3 Å². The third-order valence-corrected chi connectivity index (χ3v) is 4.64. The Balaban J connectivity index is 1.60. The lowest BCUT2D eigenvalue weighted by atomic mass is 9.87. The molecule has 1 saturated heterocycles. The lowest BCUT2D eigenvalue weighted by Crippen LogP contribution is -2.25. The molecule has 0 bridgehead atoms. The van der Waals surface area contributed by atoms with Crippen molar-refractivity contribution in [1.82, 2.24) is 0 Å². The van der Waals surface area contributed by atoms with Crippen LogP contribution in [0.3, 0.4) is 0 Å². The number of hydrogen-bond donors (Lipinski definition) is 1. The maximum absolute atomic E-state index is 11.7. The highest BCUT2D eigenvalue weighted by atomic mass is 16.2. The van der Waals surface area contributed by atoms with Gasteiger partial charge in [0.05, 0.1) is 0 Å². The van der Waals surface area contributed by atoms with E-state index in [1.807, 2.05) is 4.90 Å². The fourth-order valence-electron chi connectivity index (χ4n) is 3.30. The van der Waals surface area contributed by atoms with Crippen molar-refractivity contribution < 1.29 is 4.79 Å². The van der Waals surface area contributed by atoms with E-state index in [1.165, 1.54) is 31.4 Å². The number of nitrogens with one attached hydrogen (secondary N) is 1. The van der Waals surface area contributed by atoms with Gasteiger partial charge in [-0.25, -0.2) is 0 Å². The van der Waals surface area contributed by atoms with E-state index in [0.717, 1.165) is 24.6 Å². The molecular formula is C17H24N2O. The van der Waals surface area contributed by atoms with E-state index in [9.17, 15) is 4.79 Å². The van der Waals surface area contributed by atoms with E-state index in [2.05, 4.69) is 36.5 Å². The molecule has 3 heteroatoms. The quantitative estimate of drug-likeness (QED) is 0.907. The Morgan fingerprint density at radius 1 is 1.10 bits per heavy atom. The maximum Gasteiger partial charge on any atom is 0.227 e. The molecule has 0 aromatic heterocycles. The first-order valence-electron chi connectivity index (χ1n) is 7.89. The third kappa shape index (κ3) is 2.97. The molecule has 0 atom stereocenters. The van der Waals surface area contributed by atoms with E-state index < -0.39 is 0 Å². The van der Waals surface area contributed by atoms with Crippen molar-refractivity contribution >= 4 is 17.3 Å². The summed E-state index contributed by atoms with van der Waals surface area (Å²) in [5.41, 5.74) is 2.22. The Kier molecular flexibility index (Phi) is 3.95. The number of carbonyl (C=O) groups is 1. The summed E-state index contributed by atoms with van der Waals surface area (Å²) in [6.45, 7) is 3.21. The minimum atomic E-state index is 0.256. The second-order valence-electron chi connectivity index (χ2n) is 6.30. The van der Waals surface area contributed by atoms with Crippen molar-refractivity contribution in [2.24, 2.45) is 5.92 Å². The second kappa shape index (κ2) is 5.86. The molecule has 1 heterocycles. The molecule has 2 aliphatic rings. The Bertz CT molecular complexity index is 460. The van der Waals surface area contributed by atoms with Gasteiger partial charge >= 0.3 is 0 Å². The van der Waals surface area contributed by atoms with Gasteiger partial charge < -0.3 is 10.2 Å². The number of carbonyl (C=O) groups excluding carboxylic acids is 1. The summed E-state index contributed by atoms with van der Waals surface area (Å²) in [6.07, 6.45) is 6.89. The highest BCUT2D eigenvalue weighted by Gasteiger charge is 2.22. The van der Waals surface area contributed by atoms with Crippen LogP contribution in [0.25, 0.3) is 0 Å². The molecular weight excluding hydrogens is 248 g/mol. The summed E-state index contributed by atoms with van der Waals surface area (Å²) >= 11 is 0. The van der Waals surface area contributed by atoms with Crippen LogP contribution < -0.4 is 10.2 Å². The largest absolute Gasteiger partial charge is 0.382 e. The average Bonchev–Trinajstić information content (AvgIpc) is 2.89. The summed E-state index contributed by atoms with van der Waals surface area (Å²) < 4.78 is 0. The maximum atomic E-state index is 11.7. The molecule has 20 heavy (non-hydrogen) atoms. The first-order chi connectivity index (χ1) is 9.72. The third-order valence-electron chi connectivity index (χ3n) is 4.64. The van der Waals surface area contributed by atoms with Crippen molar-refractivity contribution in [3.8, 4) is 0 Å². The zero-order valence-corrected chi connectivity index (χ0v) is 12.3. The molecule has 1 amide bonds. The van der Waals surface area contributed by atoms with Crippen LogP contribution in [0, 0.1) is 5.92 Å². The Hall–Kier alpha value is -1.51. The summed E-state index contributed by atoms with van der Waals surface area (Å²) in [7, 11) is 0. The van der Waals surface area contributed by atoms with Crippen molar-refractivity contribution in [1.29, 1.82) is 0 Å². The number of hydrogen-bond acceptors (Lipinski definition) is 2. The number of amides is 1. The summed E-state index contributed by atoms with van der Waals surface area (Å²) in [5.74, 6) is 1.14. The summed E-state index contributed by atoms with van der Waals surface area (Å²) in [5, 5.41) is 3.63. The van der Waals surface area contributed by atoms with Gasteiger partial charge in [-0.3, -0.25) is 4.79 Å². The molecule has 0 radical (unpaired) electrons. The predicted octanol–water partition coefficient (Wildman–Crippen LogP) is 3.80. The van der Waals surface area contributed by atoms with Gasteiger partial charge in [0.2, 0.25) is 5.91 Å². The average molecular weight is 272 g/mol. The first-order valence-corrected chi connectivity index (χ1v) is 7.89. The zero-order chi connectivity index (χ0) is 13.9. The standard InChI is InChI=1S/C17H24N2O/c1-13-4-6-14(7-5-13)18-15-8-10-16(11-9-15)19-12-2-3-17(19)20/h8-11,13-14,18H,2-7,12H2,1H3. The Labute approximate surface area is 121 Å². The minimum absolute atomic E-state index is 0.256. The molecule has 3 nitrogen and oxygen atoms in total. The van der Waals surface area contributed by atoms with Crippen LogP contribution in [-0.4, -0.2) is 18.5 Å². The number of nitrogens with zero attached hydrogens (tertiary/aromatic N) is 1. The van der Waals surface area contributed by atoms with E-state index in [0.29, 0.717) is 12.5 Å². The molecule has 2 fully saturated rings. The van der Waals surface area contributed by atoms with Crippen LogP contribution >= 0.6 is 0 Å². The molecule has 1 aliphatic heterocycles. The predicted molar refractivity (Wildman–Crippen MR) is 83.1 cm³/mol. The van der Waals surface area contributed by atoms with Crippen molar-refractivity contribution in [3.63, 3.8) is 0 Å². The van der Waals surface area contributed by atoms with Crippen LogP contribution in [0.5, 0.6) is 0 Å². The Morgan fingerprint density at radius 2 is 1.80 bits per heavy atom. The van der Waals surface area contributed by atoms with Gasteiger partial charge in [0.25, 0.3) is 0 Å². The van der Waals surface area contributed by atoms with Gasteiger partial charge in [0.1, 0.15) is 0 Å². The fourth-order valence-corrected chi connectivity index (χ4v) is 3.30. The molecule has 108 valence electrons. The van der Waals surface area contributed by atoms with Crippen molar-refractivity contribution in [2.75, 3.05) is 16.8 Å². The lowest BCUT2D eigenvalue weighted by molar-refractivity contribution is -0.117. The van der Waals surface area contributed by atoms with E-state index in [-0.39, 0.29) is 5.91 Å². The SMILES string of the molecule is CC1CCC(Nc2ccc(N3CCCC3=O)cc2)CC1. The molecule has 3 rings (SSSR count). The topological polar surface area (TPSA) is 32.3 Å².